The number of guanidine groups is 1. The average molecular weight is 477 g/mol. The van der Waals surface area contributed by atoms with Crippen molar-refractivity contribution in [3.05, 3.63) is 35.9 Å². The van der Waals surface area contributed by atoms with E-state index in [0.29, 0.717) is 6.61 Å². The summed E-state index contributed by atoms with van der Waals surface area (Å²) in [6.07, 6.45) is 2.21. The SMILES string of the molecule is CN=C(NCCCCOCc1ccccc1)NCC(OC)C(C)(C)C.I. The molecule has 1 aromatic carbocycles. The van der Waals surface area contributed by atoms with Crippen LogP contribution >= 0.6 is 24.0 Å². The Morgan fingerprint density at radius 2 is 1.81 bits per heavy atom. The number of aliphatic imine (C=N–C) groups is 1. The molecule has 26 heavy (non-hydrogen) atoms. The van der Waals surface area contributed by atoms with Gasteiger partial charge in [-0.15, -0.1) is 24.0 Å². The molecular weight excluding hydrogens is 441 g/mol. The standard InChI is InChI=1S/C20H35N3O2.HI/c1-20(2,3)18(24-5)15-23-19(21-4)22-13-9-10-14-25-16-17-11-7-6-8-12-17;/h6-8,11-12,18H,9-10,13-16H2,1-5H3,(H2,21,22,23);1H. The molecule has 0 radical (unpaired) electrons. The fraction of sp³-hybridized carbons (Fsp3) is 0.650. The first kappa shape index (κ1) is 25.1. The Hall–Kier alpha value is -0.860. The van der Waals surface area contributed by atoms with E-state index in [2.05, 4.69) is 48.5 Å². The van der Waals surface area contributed by atoms with Crippen molar-refractivity contribution in [3.63, 3.8) is 0 Å². The van der Waals surface area contributed by atoms with Crippen molar-refractivity contribution >= 4 is 29.9 Å². The number of nitrogens with zero attached hydrogens (tertiary/aromatic N) is 1. The second-order valence-corrected chi connectivity index (χ2v) is 7.22. The largest absolute Gasteiger partial charge is 0.379 e. The Kier molecular flexibility index (Phi) is 13.8. The van der Waals surface area contributed by atoms with Gasteiger partial charge in [0.05, 0.1) is 12.7 Å². The lowest BCUT2D eigenvalue weighted by atomic mass is 9.89. The van der Waals surface area contributed by atoms with Gasteiger partial charge >= 0.3 is 0 Å². The molecule has 0 bridgehead atoms. The highest BCUT2D eigenvalue weighted by Crippen LogP contribution is 2.20. The van der Waals surface area contributed by atoms with Crippen LogP contribution in [0.4, 0.5) is 0 Å². The predicted octanol–water partition coefficient (Wildman–Crippen LogP) is 3.83. The minimum absolute atomic E-state index is 0. The summed E-state index contributed by atoms with van der Waals surface area (Å²) >= 11 is 0. The zero-order chi connectivity index (χ0) is 18.5. The summed E-state index contributed by atoms with van der Waals surface area (Å²) in [5.41, 5.74) is 1.31. The highest BCUT2D eigenvalue weighted by molar-refractivity contribution is 14.0. The molecule has 1 aromatic rings. The third kappa shape index (κ3) is 11.0. The van der Waals surface area contributed by atoms with Crippen molar-refractivity contribution in [2.24, 2.45) is 10.4 Å². The number of benzene rings is 1. The van der Waals surface area contributed by atoms with Gasteiger partial charge in [0.25, 0.3) is 0 Å². The van der Waals surface area contributed by atoms with Crippen molar-refractivity contribution in [2.45, 2.75) is 46.3 Å². The van der Waals surface area contributed by atoms with Crippen LogP contribution in [0.2, 0.25) is 0 Å². The molecule has 150 valence electrons. The number of ether oxygens (including phenoxy) is 2. The summed E-state index contributed by atoms with van der Waals surface area (Å²) in [6, 6.07) is 10.3. The highest BCUT2D eigenvalue weighted by atomic mass is 127. The number of nitrogens with one attached hydrogen (secondary N) is 2. The minimum Gasteiger partial charge on any atom is -0.379 e. The summed E-state index contributed by atoms with van der Waals surface area (Å²) in [5, 5.41) is 6.67. The summed E-state index contributed by atoms with van der Waals surface area (Å²) in [4.78, 5) is 4.26. The number of halogens is 1. The molecular formula is C20H36IN3O2. The quantitative estimate of drug-likeness (QED) is 0.233. The fourth-order valence-electron chi connectivity index (χ4n) is 2.45. The number of rotatable bonds is 10. The zero-order valence-corrected chi connectivity index (χ0v) is 19.2. The van der Waals surface area contributed by atoms with Crippen LogP contribution < -0.4 is 10.6 Å². The fourth-order valence-corrected chi connectivity index (χ4v) is 2.45. The van der Waals surface area contributed by atoms with Crippen LogP contribution in [0.1, 0.15) is 39.2 Å². The maximum Gasteiger partial charge on any atom is 0.191 e. The maximum atomic E-state index is 5.69. The van der Waals surface area contributed by atoms with Gasteiger partial charge in [-0.2, -0.15) is 0 Å². The molecule has 0 aliphatic rings. The average Bonchev–Trinajstić information content (AvgIpc) is 2.59. The van der Waals surface area contributed by atoms with E-state index in [-0.39, 0.29) is 35.5 Å². The third-order valence-corrected chi connectivity index (χ3v) is 4.05. The lowest BCUT2D eigenvalue weighted by molar-refractivity contribution is 0.0205. The third-order valence-electron chi connectivity index (χ3n) is 4.05. The highest BCUT2D eigenvalue weighted by Gasteiger charge is 2.24. The lowest BCUT2D eigenvalue weighted by Gasteiger charge is -2.30. The van der Waals surface area contributed by atoms with Crippen molar-refractivity contribution in [1.82, 2.24) is 10.6 Å². The van der Waals surface area contributed by atoms with E-state index >= 15 is 0 Å². The molecule has 0 amide bonds. The first-order valence-electron chi connectivity index (χ1n) is 9.06. The topological polar surface area (TPSA) is 54.9 Å². The van der Waals surface area contributed by atoms with E-state index in [4.69, 9.17) is 9.47 Å². The van der Waals surface area contributed by atoms with Crippen LogP contribution in [0.5, 0.6) is 0 Å². The summed E-state index contributed by atoms with van der Waals surface area (Å²) in [5.74, 6) is 0.816. The Labute approximate surface area is 176 Å². The summed E-state index contributed by atoms with van der Waals surface area (Å²) in [6.45, 7) is 9.60. The Balaban J connectivity index is 0.00000625. The zero-order valence-electron chi connectivity index (χ0n) is 16.9. The molecule has 1 rings (SSSR count). The summed E-state index contributed by atoms with van der Waals surface area (Å²) in [7, 11) is 3.54. The molecule has 1 atom stereocenters. The molecule has 5 nitrogen and oxygen atoms in total. The van der Waals surface area contributed by atoms with Gasteiger partial charge in [0.2, 0.25) is 0 Å². The van der Waals surface area contributed by atoms with E-state index < -0.39 is 0 Å². The lowest BCUT2D eigenvalue weighted by Crippen LogP contribution is -2.45. The molecule has 0 saturated carbocycles. The summed E-state index contributed by atoms with van der Waals surface area (Å²) < 4.78 is 11.2. The van der Waals surface area contributed by atoms with Crippen LogP contribution in [0, 0.1) is 5.41 Å². The van der Waals surface area contributed by atoms with E-state index in [1.165, 1.54) is 5.56 Å². The van der Waals surface area contributed by atoms with Crippen LogP contribution in [0.25, 0.3) is 0 Å². The molecule has 6 heteroatoms. The normalized spacial score (nSPS) is 13.0. The molecule has 1 unspecified atom stereocenters. The Morgan fingerprint density at radius 1 is 1.12 bits per heavy atom. The van der Waals surface area contributed by atoms with Gasteiger partial charge < -0.3 is 20.1 Å². The molecule has 0 heterocycles. The van der Waals surface area contributed by atoms with E-state index in [1.54, 1.807) is 14.2 Å². The second-order valence-electron chi connectivity index (χ2n) is 7.22. The molecule has 0 aromatic heterocycles. The van der Waals surface area contributed by atoms with Gasteiger partial charge in [0, 0.05) is 33.9 Å². The molecule has 0 saturated heterocycles. The number of hydrogen-bond acceptors (Lipinski definition) is 3. The molecule has 2 N–H and O–H groups in total. The van der Waals surface area contributed by atoms with Crippen molar-refractivity contribution in [2.75, 3.05) is 33.9 Å². The molecule has 0 aliphatic carbocycles. The van der Waals surface area contributed by atoms with E-state index in [9.17, 15) is 0 Å². The van der Waals surface area contributed by atoms with Gasteiger partial charge in [-0.25, -0.2) is 0 Å². The first-order chi connectivity index (χ1) is 12.0. The van der Waals surface area contributed by atoms with Gasteiger partial charge in [0.15, 0.2) is 5.96 Å². The van der Waals surface area contributed by atoms with E-state index in [0.717, 1.165) is 38.5 Å². The molecule has 0 fully saturated rings. The van der Waals surface area contributed by atoms with Crippen molar-refractivity contribution < 1.29 is 9.47 Å². The Morgan fingerprint density at radius 3 is 2.38 bits per heavy atom. The van der Waals surface area contributed by atoms with Crippen LogP contribution in [-0.2, 0) is 16.1 Å². The monoisotopic (exact) mass is 477 g/mol. The predicted molar refractivity (Wildman–Crippen MR) is 120 cm³/mol. The van der Waals surface area contributed by atoms with Gasteiger partial charge in [-0.05, 0) is 23.8 Å². The van der Waals surface area contributed by atoms with Gasteiger partial charge in [0.1, 0.15) is 0 Å². The van der Waals surface area contributed by atoms with Crippen LogP contribution in [0.15, 0.2) is 35.3 Å². The second kappa shape index (κ2) is 14.2. The van der Waals surface area contributed by atoms with Crippen molar-refractivity contribution in [3.8, 4) is 0 Å². The van der Waals surface area contributed by atoms with Crippen LogP contribution in [-0.4, -0.2) is 45.9 Å². The van der Waals surface area contributed by atoms with Crippen molar-refractivity contribution in [1.29, 1.82) is 0 Å². The smallest absolute Gasteiger partial charge is 0.191 e. The van der Waals surface area contributed by atoms with Gasteiger partial charge in [-0.3, -0.25) is 4.99 Å². The van der Waals surface area contributed by atoms with E-state index in [1.807, 2.05) is 18.2 Å². The first-order valence-corrected chi connectivity index (χ1v) is 9.06. The van der Waals surface area contributed by atoms with Crippen LogP contribution in [0.3, 0.4) is 0 Å². The molecule has 0 aliphatic heterocycles. The maximum absolute atomic E-state index is 5.69. The number of methoxy groups -OCH3 is 1. The number of hydrogen-bond donors (Lipinski definition) is 2. The number of unbranched alkanes of at least 4 members (excludes halogenated alkanes) is 1. The minimum atomic E-state index is 0. The Bertz CT molecular complexity index is 490. The van der Waals surface area contributed by atoms with Gasteiger partial charge in [-0.1, -0.05) is 51.1 Å². The molecule has 0 spiro atoms.